The van der Waals surface area contributed by atoms with Gasteiger partial charge in [0, 0.05) is 40.7 Å². The number of halogens is 1. The van der Waals surface area contributed by atoms with E-state index in [1.165, 1.54) is 30.5 Å². The van der Waals surface area contributed by atoms with Crippen LogP contribution in [-0.4, -0.2) is 30.5 Å². The quantitative estimate of drug-likeness (QED) is 0.520. The number of rotatable bonds is 6. The van der Waals surface area contributed by atoms with Crippen LogP contribution in [0.5, 0.6) is 0 Å². The summed E-state index contributed by atoms with van der Waals surface area (Å²) in [6.07, 6.45) is 5.58. The van der Waals surface area contributed by atoms with Gasteiger partial charge in [-0.3, -0.25) is 4.79 Å². The maximum atomic E-state index is 12.8. The standard InChI is InChI=1S/C24H28BrN3O/c1-2-20-21-16-18(25)8-11-22(21)27-23(20)24(29)26-13-12-17-6-9-19(10-7-17)28-14-4-3-5-15-28/h6-11,16,27H,2-5,12-15H2,1H3,(H,26,29). The number of aromatic nitrogens is 1. The lowest BCUT2D eigenvalue weighted by atomic mass is 10.1. The Hall–Kier alpha value is -2.27. The Balaban J connectivity index is 1.37. The van der Waals surface area contributed by atoms with Gasteiger partial charge >= 0.3 is 0 Å². The SMILES string of the molecule is CCc1c(C(=O)NCCc2ccc(N3CCCCC3)cc2)[nH]c2ccc(Br)cc12. The lowest BCUT2D eigenvalue weighted by Crippen LogP contribution is -2.29. The van der Waals surface area contributed by atoms with Crippen LogP contribution in [0.3, 0.4) is 0 Å². The summed E-state index contributed by atoms with van der Waals surface area (Å²) in [4.78, 5) is 18.5. The van der Waals surface area contributed by atoms with Crippen LogP contribution in [0.15, 0.2) is 46.9 Å². The number of nitrogens with zero attached hydrogens (tertiary/aromatic N) is 1. The van der Waals surface area contributed by atoms with Gasteiger partial charge in [0.2, 0.25) is 0 Å². The Morgan fingerprint density at radius 1 is 1.10 bits per heavy atom. The zero-order valence-corrected chi connectivity index (χ0v) is 18.5. The number of anilines is 1. The molecule has 1 aromatic heterocycles. The molecule has 5 heteroatoms. The number of fused-ring (bicyclic) bond motifs is 1. The third-order valence-electron chi connectivity index (χ3n) is 5.81. The molecule has 4 rings (SSSR count). The van der Waals surface area contributed by atoms with E-state index in [4.69, 9.17) is 0 Å². The minimum atomic E-state index is -0.0286. The largest absolute Gasteiger partial charge is 0.372 e. The number of H-pyrrole nitrogens is 1. The average molecular weight is 454 g/mol. The number of aryl methyl sites for hydroxylation is 1. The number of nitrogens with one attached hydrogen (secondary N) is 2. The van der Waals surface area contributed by atoms with E-state index in [1.807, 2.05) is 12.1 Å². The number of aromatic amines is 1. The summed E-state index contributed by atoms with van der Waals surface area (Å²) in [6, 6.07) is 14.9. The maximum Gasteiger partial charge on any atom is 0.268 e. The summed E-state index contributed by atoms with van der Waals surface area (Å²) >= 11 is 3.52. The molecule has 0 atom stereocenters. The topological polar surface area (TPSA) is 48.1 Å². The Kier molecular flexibility index (Phi) is 6.24. The maximum absolute atomic E-state index is 12.8. The van der Waals surface area contributed by atoms with Crippen molar-refractivity contribution >= 4 is 38.4 Å². The Morgan fingerprint density at radius 2 is 1.86 bits per heavy atom. The predicted molar refractivity (Wildman–Crippen MR) is 124 cm³/mol. The molecule has 1 aliphatic rings. The van der Waals surface area contributed by atoms with Crippen LogP contribution < -0.4 is 10.2 Å². The second-order valence-electron chi connectivity index (χ2n) is 7.74. The number of piperidine rings is 1. The average Bonchev–Trinajstić information content (AvgIpc) is 3.12. The fourth-order valence-corrected chi connectivity index (χ4v) is 4.58. The highest BCUT2D eigenvalue weighted by Gasteiger charge is 2.16. The van der Waals surface area contributed by atoms with Gasteiger partial charge in [-0.05, 0) is 73.6 Å². The number of carbonyl (C=O) groups is 1. The molecule has 0 unspecified atom stereocenters. The van der Waals surface area contributed by atoms with Gasteiger partial charge in [0.15, 0.2) is 0 Å². The van der Waals surface area contributed by atoms with E-state index in [1.54, 1.807) is 0 Å². The zero-order chi connectivity index (χ0) is 20.2. The molecule has 2 N–H and O–H groups in total. The summed E-state index contributed by atoms with van der Waals surface area (Å²) in [6.45, 7) is 5.04. The van der Waals surface area contributed by atoms with E-state index in [-0.39, 0.29) is 5.91 Å². The first kappa shape index (κ1) is 20.0. The van der Waals surface area contributed by atoms with Gasteiger partial charge in [-0.15, -0.1) is 0 Å². The van der Waals surface area contributed by atoms with E-state index >= 15 is 0 Å². The number of hydrogen-bond donors (Lipinski definition) is 2. The first-order valence-corrected chi connectivity index (χ1v) is 11.4. The van der Waals surface area contributed by atoms with Gasteiger partial charge in [0.05, 0.1) is 0 Å². The molecule has 1 aliphatic heterocycles. The summed E-state index contributed by atoms with van der Waals surface area (Å²) in [5.41, 5.74) is 5.32. The fourth-order valence-electron chi connectivity index (χ4n) is 4.22. The highest BCUT2D eigenvalue weighted by Crippen LogP contribution is 2.26. The summed E-state index contributed by atoms with van der Waals surface area (Å²) in [5, 5.41) is 4.19. The monoisotopic (exact) mass is 453 g/mol. The van der Waals surface area contributed by atoms with Gasteiger partial charge in [0.1, 0.15) is 5.69 Å². The lowest BCUT2D eigenvalue weighted by Gasteiger charge is -2.28. The molecule has 2 heterocycles. The van der Waals surface area contributed by atoms with Crippen molar-refractivity contribution in [2.75, 3.05) is 24.5 Å². The van der Waals surface area contributed by atoms with Gasteiger partial charge in [-0.25, -0.2) is 0 Å². The molecule has 3 aromatic rings. The van der Waals surface area contributed by atoms with E-state index in [0.717, 1.165) is 46.9 Å². The Labute approximate surface area is 180 Å². The highest BCUT2D eigenvalue weighted by molar-refractivity contribution is 9.10. The van der Waals surface area contributed by atoms with Crippen molar-refractivity contribution in [1.29, 1.82) is 0 Å². The molecule has 2 aromatic carbocycles. The molecule has 0 bridgehead atoms. The molecular weight excluding hydrogens is 426 g/mol. The van der Waals surface area contributed by atoms with Crippen LogP contribution >= 0.6 is 15.9 Å². The van der Waals surface area contributed by atoms with Crippen LogP contribution in [0.2, 0.25) is 0 Å². The van der Waals surface area contributed by atoms with E-state index in [0.29, 0.717) is 12.2 Å². The van der Waals surface area contributed by atoms with Crippen LogP contribution in [0, 0.1) is 0 Å². The summed E-state index contributed by atoms with van der Waals surface area (Å²) in [5.74, 6) is -0.0286. The van der Waals surface area contributed by atoms with E-state index < -0.39 is 0 Å². The molecule has 4 nitrogen and oxygen atoms in total. The van der Waals surface area contributed by atoms with Crippen molar-refractivity contribution in [3.05, 3.63) is 63.8 Å². The Bertz CT molecular complexity index is 987. The van der Waals surface area contributed by atoms with Crippen LogP contribution in [0.1, 0.15) is 47.8 Å². The number of benzene rings is 2. The molecule has 1 fully saturated rings. The van der Waals surface area contributed by atoms with Gasteiger partial charge in [-0.2, -0.15) is 0 Å². The first-order chi connectivity index (χ1) is 14.2. The number of amides is 1. The van der Waals surface area contributed by atoms with Crippen molar-refractivity contribution < 1.29 is 4.79 Å². The number of carbonyl (C=O) groups excluding carboxylic acids is 1. The van der Waals surface area contributed by atoms with E-state index in [2.05, 4.69) is 68.4 Å². The third kappa shape index (κ3) is 4.50. The van der Waals surface area contributed by atoms with E-state index in [9.17, 15) is 4.79 Å². The van der Waals surface area contributed by atoms with Gasteiger partial charge in [0.25, 0.3) is 5.91 Å². The van der Waals surface area contributed by atoms with Gasteiger partial charge < -0.3 is 15.2 Å². The van der Waals surface area contributed by atoms with Crippen molar-refractivity contribution in [3.8, 4) is 0 Å². The molecule has 29 heavy (non-hydrogen) atoms. The van der Waals surface area contributed by atoms with Crippen molar-refractivity contribution in [2.24, 2.45) is 0 Å². The molecule has 0 aliphatic carbocycles. The molecule has 1 amide bonds. The summed E-state index contributed by atoms with van der Waals surface area (Å²) in [7, 11) is 0. The number of hydrogen-bond acceptors (Lipinski definition) is 2. The molecular formula is C24H28BrN3O. The second-order valence-corrected chi connectivity index (χ2v) is 8.66. The van der Waals surface area contributed by atoms with Crippen LogP contribution in [-0.2, 0) is 12.8 Å². The Morgan fingerprint density at radius 3 is 2.59 bits per heavy atom. The normalized spacial score (nSPS) is 14.3. The van der Waals surface area contributed by atoms with Gasteiger partial charge in [-0.1, -0.05) is 35.0 Å². The predicted octanol–water partition coefficient (Wildman–Crippen LogP) is 5.46. The third-order valence-corrected chi connectivity index (χ3v) is 6.30. The zero-order valence-electron chi connectivity index (χ0n) is 16.9. The smallest absolute Gasteiger partial charge is 0.268 e. The van der Waals surface area contributed by atoms with Crippen LogP contribution in [0.4, 0.5) is 5.69 Å². The van der Waals surface area contributed by atoms with Crippen molar-refractivity contribution in [2.45, 2.75) is 39.0 Å². The minimum absolute atomic E-state index is 0.0286. The first-order valence-electron chi connectivity index (χ1n) is 10.6. The molecule has 0 spiro atoms. The molecule has 0 saturated carbocycles. The molecule has 0 radical (unpaired) electrons. The molecule has 152 valence electrons. The molecule has 1 saturated heterocycles. The highest BCUT2D eigenvalue weighted by atomic mass is 79.9. The lowest BCUT2D eigenvalue weighted by molar-refractivity contribution is 0.0949. The fraction of sp³-hybridized carbons (Fsp3) is 0.375. The van der Waals surface area contributed by atoms with Crippen LogP contribution in [0.25, 0.3) is 10.9 Å². The second kappa shape index (κ2) is 9.04. The minimum Gasteiger partial charge on any atom is -0.372 e. The van der Waals surface area contributed by atoms with Crippen molar-refractivity contribution in [3.63, 3.8) is 0 Å². The van der Waals surface area contributed by atoms with Crippen molar-refractivity contribution in [1.82, 2.24) is 10.3 Å². The summed E-state index contributed by atoms with van der Waals surface area (Å²) < 4.78 is 1.03.